The lowest BCUT2D eigenvalue weighted by atomic mass is 10.2. The van der Waals surface area contributed by atoms with Crippen LogP contribution in [0.5, 0.6) is 23.0 Å². The molecule has 0 N–H and O–H groups in total. The molecule has 44 heavy (non-hydrogen) atoms. The maximum Gasteiger partial charge on any atom is 0.150 e. The molecule has 8 heteroatoms. The Morgan fingerprint density at radius 1 is 0.727 bits per heavy atom. The number of nitrogens with zero attached hydrogens (tertiary/aromatic N) is 4. The number of likely N-dealkylation sites (tertiary alicyclic amines) is 2. The molecule has 0 spiro atoms. The van der Waals surface area contributed by atoms with Crippen molar-refractivity contribution in [2.45, 2.75) is 58.4 Å². The average molecular weight is 617 g/mol. The highest BCUT2D eigenvalue weighted by Crippen LogP contribution is 2.36. The Hall–Kier alpha value is -3.26. The number of benzene rings is 3. The van der Waals surface area contributed by atoms with Gasteiger partial charge in [-0.25, -0.2) is 4.98 Å². The Morgan fingerprint density at radius 3 is 2.20 bits per heavy atom. The van der Waals surface area contributed by atoms with E-state index < -0.39 is 0 Å². The first kappa shape index (κ1) is 30.8. The zero-order valence-electron chi connectivity index (χ0n) is 26.0. The molecule has 2 aliphatic rings. The highest BCUT2D eigenvalue weighted by Gasteiger charge is 2.19. The molecule has 0 bridgehead atoms. The molecule has 0 aliphatic carbocycles. The summed E-state index contributed by atoms with van der Waals surface area (Å²) < 4.78 is 21.2. The Bertz CT molecular complexity index is 1490. The van der Waals surface area contributed by atoms with Crippen molar-refractivity contribution in [3.8, 4) is 34.4 Å². The highest BCUT2D eigenvalue weighted by atomic mass is 35.5. The van der Waals surface area contributed by atoms with E-state index in [0.717, 1.165) is 78.6 Å². The number of halogens is 1. The van der Waals surface area contributed by atoms with Crippen LogP contribution in [0.15, 0.2) is 60.7 Å². The van der Waals surface area contributed by atoms with Crippen LogP contribution < -0.4 is 14.2 Å². The van der Waals surface area contributed by atoms with Gasteiger partial charge in [-0.3, -0.25) is 4.90 Å². The molecule has 0 amide bonds. The number of hydrogen-bond acceptors (Lipinski definition) is 6. The smallest absolute Gasteiger partial charge is 0.150 e. The van der Waals surface area contributed by atoms with Gasteiger partial charge in [0.05, 0.1) is 12.1 Å². The second-order valence-electron chi connectivity index (χ2n) is 12.0. The monoisotopic (exact) mass is 616 g/mol. The van der Waals surface area contributed by atoms with Crippen molar-refractivity contribution in [1.82, 2.24) is 19.4 Å². The third-order valence-electron chi connectivity index (χ3n) is 8.62. The second-order valence-corrected chi connectivity index (χ2v) is 12.4. The molecular weight excluding hydrogens is 572 g/mol. The van der Waals surface area contributed by atoms with Gasteiger partial charge in [0.2, 0.25) is 0 Å². The minimum Gasteiger partial charge on any atom is -0.492 e. The molecule has 4 aromatic rings. The molecule has 3 aromatic carbocycles. The summed E-state index contributed by atoms with van der Waals surface area (Å²) >= 11 is 6.15. The SMILES string of the molecule is CCCCn1c(-c2ccc(Oc3cccc(Cl)c3)cc2)nc2c(OCCCN3CCCC3)cc(OCCN3CCCC3)cc21. The normalized spacial score (nSPS) is 15.8. The number of unbranched alkanes of at least 4 members (excludes halogenated alkanes) is 1. The van der Waals surface area contributed by atoms with Crippen molar-refractivity contribution in [3.05, 3.63) is 65.7 Å². The van der Waals surface area contributed by atoms with E-state index in [2.05, 4.69) is 39.5 Å². The standard InChI is InChI=1S/C36H45ClN4O3/c1-2-3-21-41-33-26-32(42-24-22-40-18-6-7-19-40)27-34(43-23-9-20-39-16-4-5-17-39)35(33)38-36(41)28-12-14-30(15-13-28)44-31-11-8-10-29(37)25-31/h8,10-15,25-27H,2-7,9,16-24H2,1H3. The fourth-order valence-electron chi connectivity index (χ4n) is 6.24. The fraction of sp³-hybridized carbons (Fsp3) is 0.472. The van der Waals surface area contributed by atoms with Gasteiger partial charge in [0, 0.05) is 42.4 Å². The molecule has 1 aromatic heterocycles. The van der Waals surface area contributed by atoms with E-state index in [0.29, 0.717) is 24.0 Å². The summed E-state index contributed by atoms with van der Waals surface area (Å²) in [6, 6.07) is 19.8. The summed E-state index contributed by atoms with van der Waals surface area (Å²) in [6.45, 7) is 11.2. The lowest BCUT2D eigenvalue weighted by Gasteiger charge is -2.17. The summed E-state index contributed by atoms with van der Waals surface area (Å²) in [7, 11) is 0. The zero-order chi connectivity index (χ0) is 30.1. The highest BCUT2D eigenvalue weighted by molar-refractivity contribution is 6.30. The molecule has 6 rings (SSSR count). The lowest BCUT2D eigenvalue weighted by molar-refractivity contribution is 0.235. The number of imidazole rings is 1. The van der Waals surface area contributed by atoms with Gasteiger partial charge in [-0.15, -0.1) is 0 Å². The summed E-state index contributed by atoms with van der Waals surface area (Å²) in [4.78, 5) is 10.2. The van der Waals surface area contributed by atoms with Crippen molar-refractivity contribution in [2.24, 2.45) is 0 Å². The number of rotatable bonds is 15. The summed E-state index contributed by atoms with van der Waals surface area (Å²) in [5.41, 5.74) is 2.98. The van der Waals surface area contributed by atoms with Crippen LogP contribution >= 0.6 is 11.6 Å². The van der Waals surface area contributed by atoms with Gasteiger partial charge < -0.3 is 23.7 Å². The summed E-state index contributed by atoms with van der Waals surface area (Å²) in [5.74, 6) is 4.05. The molecular formula is C36H45ClN4O3. The third kappa shape index (κ3) is 7.87. The van der Waals surface area contributed by atoms with Gasteiger partial charge in [-0.1, -0.05) is 31.0 Å². The van der Waals surface area contributed by atoms with E-state index in [1.54, 1.807) is 0 Å². The van der Waals surface area contributed by atoms with Crippen molar-refractivity contribution in [2.75, 3.05) is 52.5 Å². The summed E-state index contributed by atoms with van der Waals surface area (Å²) in [5, 5.41) is 0.650. The first-order valence-electron chi connectivity index (χ1n) is 16.4. The van der Waals surface area contributed by atoms with Crippen LogP contribution in [-0.2, 0) is 6.54 Å². The Labute approximate surface area is 266 Å². The number of fused-ring (bicyclic) bond motifs is 1. The van der Waals surface area contributed by atoms with Gasteiger partial charge in [0.15, 0.2) is 5.75 Å². The predicted octanol–water partition coefficient (Wildman–Crippen LogP) is 8.29. The fourth-order valence-corrected chi connectivity index (χ4v) is 6.42. The minimum atomic E-state index is 0.650. The molecule has 0 saturated carbocycles. The Balaban J connectivity index is 1.27. The maximum absolute atomic E-state index is 6.48. The van der Waals surface area contributed by atoms with Gasteiger partial charge in [-0.05, 0) is 107 Å². The van der Waals surface area contributed by atoms with Crippen LogP contribution in [0.25, 0.3) is 22.4 Å². The molecule has 0 atom stereocenters. The van der Waals surface area contributed by atoms with E-state index in [1.165, 1.54) is 51.9 Å². The Kier molecular flexibility index (Phi) is 10.6. The number of aromatic nitrogens is 2. The van der Waals surface area contributed by atoms with Crippen molar-refractivity contribution in [3.63, 3.8) is 0 Å². The van der Waals surface area contributed by atoms with Gasteiger partial charge in [0.25, 0.3) is 0 Å². The van der Waals surface area contributed by atoms with E-state index in [4.69, 9.17) is 30.8 Å². The quantitative estimate of drug-likeness (QED) is 0.125. The largest absolute Gasteiger partial charge is 0.492 e. The molecule has 234 valence electrons. The minimum absolute atomic E-state index is 0.650. The topological polar surface area (TPSA) is 52.0 Å². The van der Waals surface area contributed by atoms with Crippen LogP contribution in [-0.4, -0.2) is 71.8 Å². The van der Waals surface area contributed by atoms with E-state index in [9.17, 15) is 0 Å². The van der Waals surface area contributed by atoms with Gasteiger partial charge in [0.1, 0.15) is 35.2 Å². The molecule has 0 radical (unpaired) electrons. The van der Waals surface area contributed by atoms with Crippen LogP contribution in [0, 0.1) is 0 Å². The number of hydrogen-bond donors (Lipinski definition) is 0. The zero-order valence-corrected chi connectivity index (χ0v) is 26.7. The van der Waals surface area contributed by atoms with Crippen molar-refractivity contribution >= 4 is 22.6 Å². The van der Waals surface area contributed by atoms with Crippen LogP contribution in [0.1, 0.15) is 51.9 Å². The van der Waals surface area contributed by atoms with Crippen molar-refractivity contribution in [1.29, 1.82) is 0 Å². The second kappa shape index (κ2) is 15.2. The van der Waals surface area contributed by atoms with E-state index in [-0.39, 0.29) is 0 Å². The Morgan fingerprint density at radius 2 is 1.48 bits per heavy atom. The van der Waals surface area contributed by atoms with Crippen LogP contribution in [0.2, 0.25) is 5.02 Å². The first-order chi connectivity index (χ1) is 21.7. The predicted molar refractivity (Wildman–Crippen MR) is 179 cm³/mol. The van der Waals surface area contributed by atoms with E-state index >= 15 is 0 Å². The molecule has 0 unspecified atom stereocenters. The molecule has 2 aliphatic heterocycles. The van der Waals surface area contributed by atoms with E-state index in [1.807, 2.05) is 42.5 Å². The van der Waals surface area contributed by atoms with Crippen LogP contribution in [0.4, 0.5) is 0 Å². The first-order valence-corrected chi connectivity index (χ1v) is 16.8. The number of ether oxygens (including phenoxy) is 3. The van der Waals surface area contributed by atoms with Crippen molar-refractivity contribution < 1.29 is 14.2 Å². The lowest BCUT2D eigenvalue weighted by Crippen LogP contribution is -2.25. The molecule has 3 heterocycles. The molecule has 7 nitrogen and oxygen atoms in total. The average Bonchev–Trinajstić information content (AvgIpc) is 3.81. The van der Waals surface area contributed by atoms with Crippen LogP contribution in [0.3, 0.4) is 0 Å². The number of aryl methyl sites for hydroxylation is 1. The maximum atomic E-state index is 6.48. The molecule has 2 fully saturated rings. The van der Waals surface area contributed by atoms with Gasteiger partial charge >= 0.3 is 0 Å². The third-order valence-corrected chi connectivity index (χ3v) is 8.86. The summed E-state index contributed by atoms with van der Waals surface area (Å²) in [6.07, 6.45) is 8.34. The van der Waals surface area contributed by atoms with Gasteiger partial charge in [-0.2, -0.15) is 0 Å². The molecule has 2 saturated heterocycles.